The van der Waals surface area contributed by atoms with Gasteiger partial charge in [-0.3, -0.25) is 0 Å². The van der Waals surface area contributed by atoms with E-state index in [2.05, 4.69) is 19.6 Å². The van der Waals surface area contributed by atoms with Crippen molar-refractivity contribution in [3.05, 3.63) is 23.8 Å². The Balaban J connectivity index is 1.99. The third kappa shape index (κ3) is 1.57. The van der Waals surface area contributed by atoms with Gasteiger partial charge in [-0.2, -0.15) is 0 Å². The van der Waals surface area contributed by atoms with Gasteiger partial charge in [-0.25, -0.2) is 4.79 Å². The number of fused-ring (bicyclic) bond motifs is 2. The van der Waals surface area contributed by atoms with Crippen molar-refractivity contribution in [1.29, 1.82) is 0 Å². The maximum atomic E-state index is 11.6. The van der Waals surface area contributed by atoms with Crippen molar-refractivity contribution in [2.45, 2.75) is 44.8 Å². The number of esters is 1. The minimum Gasteiger partial charge on any atom is -0.454 e. The lowest BCUT2D eigenvalue weighted by atomic mass is 9.78. The monoisotopic (exact) mass is 248 g/mol. The van der Waals surface area contributed by atoms with Gasteiger partial charge in [0.2, 0.25) is 0 Å². The number of allylic oxidation sites excluding steroid dienone is 1. The van der Waals surface area contributed by atoms with E-state index >= 15 is 0 Å². The number of hydrogen-bond donors (Lipinski definition) is 1. The molecule has 1 aliphatic heterocycles. The molecule has 1 heterocycles. The largest absolute Gasteiger partial charge is 0.454 e. The minimum atomic E-state index is -0.624. The van der Waals surface area contributed by atoms with E-state index in [0.29, 0.717) is 11.5 Å². The minimum absolute atomic E-state index is 0.0482. The molecule has 1 saturated carbocycles. The average Bonchev–Trinajstić information content (AvgIpc) is 2.65. The first-order valence-electron chi connectivity index (χ1n) is 6.70. The highest BCUT2D eigenvalue weighted by Gasteiger charge is 2.50. The molecular weight excluding hydrogens is 228 g/mol. The van der Waals surface area contributed by atoms with Crippen LogP contribution in [0.15, 0.2) is 23.8 Å². The van der Waals surface area contributed by atoms with Gasteiger partial charge in [0.25, 0.3) is 0 Å². The summed E-state index contributed by atoms with van der Waals surface area (Å²) in [6, 6.07) is 0. The molecule has 0 unspecified atom stereocenters. The highest BCUT2D eigenvalue weighted by atomic mass is 16.5. The van der Waals surface area contributed by atoms with Gasteiger partial charge >= 0.3 is 5.97 Å². The molecule has 3 rings (SSSR count). The Hall–Kier alpha value is -1.09. The molecular formula is C15H20O3. The second-order valence-corrected chi connectivity index (χ2v) is 6.26. The summed E-state index contributed by atoms with van der Waals surface area (Å²) in [6.07, 6.45) is 4.59. The van der Waals surface area contributed by atoms with E-state index in [1.54, 1.807) is 0 Å². The van der Waals surface area contributed by atoms with Crippen molar-refractivity contribution >= 4 is 5.97 Å². The molecule has 0 radical (unpaired) electrons. The number of carbonyl (C=O) groups is 1. The van der Waals surface area contributed by atoms with Crippen molar-refractivity contribution in [1.82, 2.24) is 0 Å². The zero-order valence-corrected chi connectivity index (χ0v) is 11.0. The second-order valence-electron chi connectivity index (χ2n) is 6.26. The molecule has 0 spiro atoms. The molecule has 3 heteroatoms. The first-order chi connectivity index (χ1) is 8.40. The maximum absolute atomic E-state index is 11.6. The molecule has 98 valence electrons. The Morgan fingerprint density at radius 3 is 2.94 bits per heavy atom. The number of aliphatic hydroxyl groups is 1. The summed E-state index contributed by atoms with van der Waals surface area (Å²) in [5, 5.41) is 10.5. The van der Waals surface area contributed by atoms with Crippen LogP contribution in [0.5, 0.6) is 0 Å². The molecule has 2 aliphatic carbocycles. The Labute approximate surface area is 108 Å². The molecule has 1 N–H and O–H groups in total. The van der Waals surface area contributed by atoms with Crippen molar-refractivity contribution in [2.24, 2.45) is 17.8 Å². The molecule has 0 aromatic carbocycles. The molecule has 3 aliphatic rings. The van der Waals surface area contributed by atoms with Crippen LogP contribution in [0, 0.1) is 17.8 Å². The summed E-state index contributed by atoms with van der Waals surface area (Å²) in [7, 11) is 0. The van der Waals surface area contributed by atoms with Crippen LogP contribution in [0.3, 0.4) is 0 Å². The first kappa shape index (κ1) is 12.0. The summed E-state index contributed by atoms with van der Waals surface area (Å²) >= 11 is 0. The fraction of sp³-hybridized carbons (Fsp3) is 0.667. The van der Waals surface area contributed by atoms with E-state index in [9.17, 15) is 9.90 Å². The molecule has 1 saturated heterocycles. The Kier molecular flexibility index (Phi) is 2.46. The van der Waals surface area contributed by atoms with Crippen LogP contribution in [0.2, 0.25) is 0 Å². The van der Waals surface area contributed by atoms with E-state index < -0.39 is 5.60 Å². The molecule has 0 aromatic heterocycles. The van der Waals surface area contributed by atoms with Gasteiger partial charge in [-0.15, -0.1) is 0 Å². The molecule has 0 bridgehead atoms. The quantitative estimate of drug-likeness (QED) is 0.406. The molecule has 0 amide bonds. The van der Waals surface area contributed by atoms with E-state index in [-0.39, 0.29) is 23.9 Å². The van der Waals surface area contributed by atoms with Crippen LogP contribution in [-0.2, 0) is 9.53 Å². The smallest absolute Gasteiger partial charge is 0.334 e. The van der Waals surface area contributed by atoms with E-state index in [1.807, 2.05) is 6.92 Å². The molecule has 2 fully saturated rings. The number of rotatable bonds is 0. The van der Waals surface area contributed by atoms with Gasteiger partial charge in [0.15, 0.2) is 0 Å². The van der Waals surface area contributed by atoms with Gasteiger partial charge < -0.3 is 9.84 Å². The topological polar surface area (TPSA) is 46.5 Å². The molecule has 18 heavy (non-hydrogen) atoms. The van der Waals surface area contributed by atoms with Gasteiger partial charge in [-0.05, 0) is 51.0 Å². The van der Waals surface area contributed by atoms with Crippen LogP contribution in [0.25, 0.3) is 0 Å². The second kappa shape index (κ2) is 3.70. The Bertz CT molecular complexity index is 447. The summed E-state index contributed by atoms with van der Waals surface area (Å²) in [5.74, 6) is 0.421. The summed E-state index contributed by atoms with van der Waals surface area (Å²) in [4.78, 5) is 11.6. The van der Waals surface area contributed by atoms with Crippen LogP contribution in [-0.4, -0.2) is 22.8 Å². The number of carbonyl (C=O) groups excluding carboxylic acids is 1. The van der Waals surface area contributed by atoms with Crippen molar-refractivity contribution in [2.75, 3.05) is 0 Å². The summed E-state index contributed by atoms with van der Waals surface area (Å²) < 4.78 is 5.36. The van der Waals surface area contributed by atoms with E-state index in [1.165, 1.54) is 5.57 Å². The van der Waals surface area contributed by atoms with Crippen LogP contribution >= 0.6 is 0 Å². The van der Waals surface area contributed by atoms with Crippen LogP contribution in [0.1, 0.15) is 33.1 Å². The van der Waals surface area contributed by atoms with Crippen molar-refractivity contribution < 1.29 is 14.6 Å². The van der Waals surface area contributed by atoms with E-state index in [0.717, 1.165) is 19.3 Å². The van der Waals surface area contributed by atoms with Crippen LogP contribution in [0.4, 0.5) is 0 Å². The number of hydrogen-bond acceptors (Lipinski definition) is 3. The normalized spacial score (nSPS) is 47.2. The average molecular weight is 248 g/mol. The first-order valence-corrected chi connectivity index (χ1v) is 6.70. The number of ether oxygens (including phenoxy) is 1. The van der Waals surface area contributed by atoms with Crippen LogP contribution < -0.4 is 0 Å². The summed E-state index contributed by atoms with van der Waals surface area (Å²) in [6.45, 7) is 7.88. The highest BCUT2D eigenvalue weighted by molar-refractivity contribution is 5.91. The third-order valence-corrected chi connectivity index (χ3v) is 5.12. The lowest BCUT2D eigenvalue weighted by molar-refractivity contribution is -0.137. The highest BCUT2D eigenvalue weighted by Crippen LogP contribution is 2.51. The predicted molar refractivity (Wildman–Crippen MR) is 67.7 cm³/mol. The molecule has 0 aromatic rings. The fourth-order valence-electron chi connectivity index (χ4n) is 3.94. The zero-order valence-electron chi connectivity index (χ0n) is 11.0. The lowest BCUT2D eigenvalue weighted by Gasteiger charge is -2.30. The molecule has 5 atom stereocenters. The van der Waals surface area contributed by atoms with E-state index in [4.69, 9.17) is 4.74 Å². The standard InChI is InChI=1S/C15H20O3/c1-8-6-13-11(9(2)14(16)18-13)7-12-10(8)4-5-15(12,3)17/h6,10-13,17H,2,4-5,7H2,1,3H3/t10-,11-,12-,13+,15-/m1/s1. The predicted octanol–water partition coefficient (Wildman–Crippen LogP) is 2.21. The van der Waals surface area contributed by atoms with Gasteiger partial charge in [-0.1, -0.05) is 12.2 Å². The Morgan fingerprint density at radius 2 is 2.22 bits per heavy atom. The van der Waals surface area contributed by atoms with Gasteiger partial charge in [0, 0.05) is 11.5 Å². The SMILES string of the molecule is C=C1C(=O)O[C@H]2C=C(C)[C@H]3CC[C@@](C)(O)[C@@H]3C[C@H]12. The fourth-order valence-corrected chi connectivity index (χ4v) is 3.94. The maximum Gasteiger partial charge on any atom is 0.334 e. The lowest BCUT2D eigenvalue weighted by Crippen LogP contribution is -2.33. The third-order valence-electron chi connectivity index (χ3n) is 5.12. The Morgan fingerprint density at radius 1 is 1.50 bits per heavy atom. The summed E-state index contributed by atoms with van der Waals surface area (Å²) in [5.41, 5.74) is 1.21. The zero-order chi connectivity index (χ0) is 13.1. The van der Waals surface area contributed by atoms with Crippen molar-refractivity contribution in [3.8, 4) is 0 Å². The van der Waals surface area contributed by atoms with Gasteiger partial charge in [0.05, 0.1) is 5.60 Å². The molecule has 3 nitrogen and oxygen atoms in total. The van der Waals surface area contributed by atoms with Crippen molar-refractivity contribution in [3.63, 3.8) is 0 Å². The van der Waals surface area contributed by atoms with Gasteiger partial charge in [0.1, 0.15) is 6.10 Å².